The first-order valence-corrected chi connectivity index (χ1v) is 19.4. The molecule has 1 unspecified atom stereocenters. The molecule has 4 heterocycles. The highest BCUT2D eigenvalue weighted by molar-refractivity contribution is 7.45. The Morgan fingerprint density at radius 1 is 0.833 bits per heavy atom. The van der Waals surface area contributed by atoms with E-state index >= 15 is 0 Å². The summed E-state index contributed by atoms with van der Waals surface area (Å²) in [5, 5.41) is 0. The van der Waals surface area contributed by atoms with Crippen molar-refractivity contribution in [2.75, 3.05) is 27.4 Å². The van der Waals surface area contributed by atoms with Gasteiger partial charge >= 0.3 is 5.69 Å². The van der Waals surface area contributed by atoms with Crippen LogP contribution in [0.2, 0.25) is 0 Å². The van der Waals surface area contributed by atoms with Gasteiger partial charge in [-0.2, -0.15) is 0 Å². The van der Waals surface area contributed by atoms with E-state index in [-0.39, 0.29) is 18.8 Å². The van der Waals surface area contributed by atoms with Gasteiger partial charge in [-0.15, -0.1) is 0 Å². The van der Waals surface area contributed by atoms with Crippen LogP contribution in [0.25, 0.3) is 0 Å². The maximum Gasteiger partial charge on any atom is 0.330 e. The molecule has 3 saturated heterocycles. The predicted octanol–water partition coefficient (Wildman–Crippen LogP) is 7.01. The molecule has 280 valence electrons. The highest BCUT2D eigenvalue weighted by atomic mass is 31.2. The van der Waals surface area contributed by atoms with Crippen molar-refractivity contribution in [3.63, 3.8) is 0 Å². The summed E-state index contributed by atoms with van der Waals surface area (Å²) in [4.78, 5) is 27.9. The predicted molar refractivity (Wildman–Crippen MR) is 205 cm³/mol. The minimum absolute atomic E-state index is 0.0971. The second kappa shape index (κ2) is 15.6. The molecule has 6 atom stereocenters. The van der Waals surface area contributed by atoms with Crippen LogP contribution in [0.5, 0.6) is 11.5 Å². The molecule has 0 aliphatic carbocycles. The summed E-state index contributed by atoms with van der Waals surface area (Å²) in [7, 11) is 1.84. The Bertz CT molecular complexity index is 2100. The van der Waals surface area contributed by atoms with Gasteiger partial charge in [0.1, 0.15) is 35.5 Å². The Morgan fingerprint density at radius 3 is 2.07 bits per heavy atom. The zero-order valence-electron chi connectivity index (χ0n) is 30.5. The van der Waals surface area contributed by atoms with Gasteiger partial charge in [-0.05, 0) is 66.3 Å². The Balaban J connectivity index is 1.17. The largest absolute Gasteiger partial charge is 0.497 e. The minimum Gasteiger partial charge on any atom is -0.497 e. The number of rotatable bonds is 12. The number of fused-ring (bicyclic) bond motifs is 1. The van der Waals surface area contributed by atoms with E-state index in [0.717, 1.165) is 53.1 Å². The third kappa shape index (κ3) is 6.92. The van der Waals surface area contributed by atoms with Crippen molar-refractivity contribution in [1.82, 2.24) is 14.2 Å². The Kier molecular flexibility index (Phi) is 10.5. The van der Waals surface area contributed by atoms with Crippen LogP contribution >= 0.6 is 8.53 Å². The van der Waals surface area contributed by atoms with Gasteiger partial charge in [-0.25, -0.2) is 9.46 Å². The van der Waals surface area contributed by atoms with Crippen LogP contribution in [0.3, 0.4) is 0 Å². The van der Waals surface area contributed by atoms with Gasteiger partial charge in [0.25, 0.3) is 14.1 Å². The van der Waals surface area contributed by atoms with E-state index < -0.39 is 43.8 Å². The molecule has 3 fully saturated rings. The number of hydrogen-bond acceptors (Lipinski definition) is 9. The monoisotopic (exact) mass is 749 g/mol. The average Bonchev–Trinajstić information content (AvgIpc) is 3.95. The van der Waals surface area contributed by atoms with Crippen LogP contribution in [0.4, 0.5) is 0 Å². The molecule has 0 saturated carbocycles. The summed E-state index contributed by atoms with van der Waals surface area (Å²) >= 11 is 0. The van der Waals surface area contributed by atoms with E-state index in [9.17, 15) is 9.59 Å². The third-order valence-electron chi connectivity index (χ3n) is 10.7. The number of nitrogens with one attached hydrogen (secondary N) is 1. The molecule has 54 heavy (non-hydrogen) atoms. The van der Waals surface area contributed by atoms with Gasteiger partial charge < -0.3 is 28.0 Å². The summed E-state index contributed by atoms with van der Waals surface area (Å²) < 4.78 is 42.6. The molecule has 0 spiro atoms. The van der Waals surface area contributed by atoms with Gasteiger partial charge in [0.15, 0.2) is 0 Å². The second-order valence-corrected chi connectivity index (χ2v) is 15.3. The summed E-state index contributed by atoms with van der Waals surface area (Å²) in [5.41, 5.74) is 2.15. The minimum atomic E-state index is -1.45. The van der Waals surface area contributed by atoms with Crippen LogP contribution in [-0.4, -0.2) is 59.8 Å². The number of methoxy groups -OCH3 is 2. The first kappa shape index (κ1) is 36.4. The molecule has 1 N–H and O–H groups in total. The Morgan fingerprint density at radius 2 is 1.44 bits per heavy atom. The molecule has 0 amide bonds. The quantitative estimate of drug-likeness (QED) is 0.106. The molecule has 4 aromatic carbocycles. The van der Waals surface area contributed by atoms with Gasteiger partial charge in [0.2, 0.25) is 0 Å². The summed E-state index contributed by atoms with van der Waals surface area (Å²) in [6, 6.07) is 36.3. The second-order valence-electron chi connectivity index (χ2n) is 13.8. The molecule has 1 aromatic heterocycles. The van der Waals surface area contributed by atoms with Crippen molar-refractivity contribution >= 4 is 8.53 Å². The van der Waals surface area contributed by atoms with Gasteiger partial charge in [-0.3, -0.25) is 14.3 Å². The zero-order chi connectivity index (χ0) is 37.2. The molecular weight excluding hydrogens is 705 g/mol. The number of aromatic nitrogens is 2. The molecule has 0 bridgehead atoms. The van der Waals surface area contributed by atoms with Crippen LogP contribution in [0, 0.1) is 6.92 Å². The Hall–Kier alpha value is -4.61. The van der Waals surface area contributed by atoms with E-state index in [1.807, 2.05) is 84.9 Å². The number of benzene rings is 4. The van der Waals surface area contributed by atoms with Gasteiger partial charge in [0, 0.05) is 30.8 Å². The first-order valence-electron chi connectivity index (χ1n) is 18.3. The lowest BCUT2D eigenvalue weighted by molar-refractivity contribution is -0.0920. The third-order valence-corrected chi connectivity index (χ3v) is 12.4. The van der Waals surface area contributed by atoms with Crippen LogP contribution in [0.1, 0.15) is 59.4 Å². The van der Waals surface area contributed by atoms with Crippen molar-refractivity contribution in [3.8, 4) is 11.5 Å². The number of H-pyrrole nitrogens is 1. The summed E-state index contributed by atoms with van der Waals surface area (Å²) in [6.45, 7) is 2.64. The standard InChI is InChI=1S/C42H44N3O8P/c1-28-26-44(41(47)43-40(28)46)38-25-36(52-54-45-24-10-15-35(45)39(53-54)29-11-6-4-7-12-29)37(51-38)27-50-42(30-13-8-5-9-14-30,31-16-20-33(48-2)21-17-31)32-18-22-34(49-3)23-19-32/h4-9,11-14,16-23,26,35-39H,10,15,24-25,27H2,1-3H3,(H,43,46,47)/t35-,36?,37+,38+,39+,54-/m0/s1. The highest BCUT2D eigenvalue weighted by Crippen LogP contribution is 2.61. The van der Waals surface area contributed by atoms with Crippen molar-refractivity contribution < 1.29 is 28.0 Å². The van der Waals surface area contributed by atoms with Crippen molar-refractivity contribution in [2.45, 2.75) is 62.4 Å². The van der Waals surface area contributed by atoms with Crippen molar-refractivity contribution in [3.05, 3.63) is 164 Å². The number of nitrogens with zero attached hydrogens (tertiary/aromatic N) is 2. The van der Waals surface area contributed by atoms with E-state index in [1.54, 1.807) is 27.3 Å². The molecule has 0 radical (unpaired) electrons. The number of ether oxygens (including phenoxy) is 4. The maximum absolute atomic E-state index is 13.2. The van der Waals surface area contributed by atoms with Crippen molar-refractivity contribution in [2.24, 2.45) is 0 Å². The number of hydrogen-bond donors (Lipinski definition) is 1. The molecular formula is C42H44N3O8P. The fourth-order valence-electron chi connectivity index (χ4n) is 7.86. The number of aromatic amines is 1. The lowest BCUT2D eigenvalue weighted by Gasteiger charge is -2.37. The van der Waals surface area contributed by atoms with E-state index in [4.69, 9.17) is 28.0 Å². The van der Waals surface area contributed by atoms with Gasteiger partial charge in [0.05, 0.1) is 26.9 Å². The average molecular weight is 750 g/mol. The lowest BCUT2D eigenvalue weighted by atomic mass is 9.80. The van der Waals surface area contributed by atoms with Gasteiger partial charge in [-0.1, -0.05) is 84.9 Å². The fraction of sp³-hybridized carbons (Fsp3) is 0.333. The number of aryl methyl sites for hydroxylation is 1. The topological polar surface area (TPSA) is 113 Å². The SMILES string of the molecule is COc1ccc(C(OC[C@H]2O[C@@H](n3cc(C)c(=O)[nH]c3=O)CC2O[P@@]2O[C@H](c3ccccc3)[C@@H]3CCCN32)(c2ccccc2)c2ccc(OC)cc2)cc1. The lowest BCUT2D eigenvalue weighted by Crippen LogP contribution is -2.38. The van der Waals surface area contributed by atoms with Crippen LogP contribution < -0.4 is 20.7 Å². The van der Waals surface area contributed by atoms with Crippen LogP contribution in [-0.2, 0) is 24.1 Å². The Labute approximate surface area is 315 Å². The molecule has 8 rings (SSSR count). The van der Waals surface area contributed by atoms with E-state index in [1.165, 1.54) is 4.57 Å². The fourth-order valence-corrected chi connectivity index (χ4v) is 9.84. The summed E-state index contributed by atoms with van der Waals surface area (Å²) in [5.74, 6) is 1.45. The van der Waals surface area contributed by atoms with E-state index in [2.05, 4.69) is 33.9 Å². The molecule has 11 nitrogen and oxygen atoms in total. The molecule has 3 aliphatic heterocycles. The normalized spacial score (nSPS) is 24.1. The molecule has 3 aliphatic rings. The van der Waals surface area contributed by atoms with Crippen LogP contribution in [0.15, 0.2) is 125 Å². The molecule has 12 heteroatoms. The maximum atomic E-state index is 13.2. The zero-order valence-corrected chi connectivity index (χ0v) is 31.4. The van der Waals surface area contributed by atoms with Crippen molar-refractivity contribution in [1.29, 1.82) is 0 Å². The smallest absolute Gasteiger partial charge is 0.330 e. The summed E-state index contributed by atoms with van der Waals surface area (Å²) in [6.07, 6.45) is 2.05. The molecule has 5 aromatic rings. The highest BCUT2D eigenvalue weighted by Gasteiger charge is 2.51. The van der Waals surface area contributed by atoms with E-state index in [0.29, 0.717) is 12.0 Å². The first-order chi connectivity index (χ1) is 26.4.